The zero-order valence-corrected chi connectivity index (χ0v) is 35.5. The van der Waals surface area contributed by atoms with Crippen molar-refractivity contribution in [3.05, 3.63) is 231 Å². The smallest absolute Gasteiger partial charge is 0.135 e. The van der Waals surface area contributed by atoms with E-state index in [2.05, 4.69) is 228 Å². The van der Waals surface area contributed by atoms with Crippen molar-refractivity contribution in [1.82, 2.24) is 4.57 Å². The molecule has 64 heavy (non-hydrogen) atoms. The minimum Gasteiger partial charge on any atom is -0.456 e. The molecule has 3 heterocycles. The van der Waals surface area contributed by atoms with Gasteiger partial charge in [-0.15, -0.1) is 11.3 Å². The zero-order valence-electron chi connectivity index (χ0n) is 34.7. The lowest BCUT2D eigenvalue weighted by atomic mass is 9.91. The standard InChI is InChI=1S/C60H38N2OS/c1-2-13-42(14-3-1)62-55-21-8-4-15-48(55)54-38-45(34-36-56(54)62)61(44-32-27-40(28-33-44)46-19-12-20-52-51-18-7-11-24-59(51)64-60(46)52)43-30-25-39(26-31-43)41-29-35-47-49-16-5-9-22-57(49)63-58-23-10-6-17-50(58)53(47)37-41/h1-38H. The summed E-state index contributed by atoms with van der Waals surface area (Å²) in [5.41, 5.74) is 16.1. The summed E-state index contributed by atoms with van der Waals surface area (Å²) >= 11 is 1.87. The van der Waals surface area contributed by atoms with Gasteiger partial charge in [0.15, 0.2) is 0 Å². The minimum absolute atomic E-state index is 0.868. The van der Waals surface area contributed by atoms with Gasteiger partial charge in [-0.2, -0.15) is 0 Å². The highest BCUT2D eigenvalue weighted by Gasteiger charge is 2.22. The molecule has 0 unspecified atom stereocenters. The lowest BCUT2D eigenvalue weighted by Gasteiger charge is -2.26. The predicted molar refractivity (Wildman–Crippen MR) is 270 cm³/mol. The monoisotopic (exact) mass is 834 g/mol. The Morgan fingerprint density at radius 3 is 1.70 bits per heavy atom. The van der Waals surface area contributed by atoms with E-state index >= 15 is 0 Å². The van der Waals surface area contributed by atoms with Crippen LogP contribution in [-0.4, -0.2) is 4.57 Å². The van der Waals surface area contributed by atoms with Gasteiger partial charge in [-0.3, -0.25) is 0 Å². The average Bonchev–Trinajstić information content (AvgIpc) is 3.86. The van der Waals surface area contributed by atoms with Gasteiger partial charge in [-0.25, -0.2) is 0 Å². The first kappa shape index (κ1) is 36.5. The van der Waals surface area contributed by atoms with E-state index in [4.69, 9.17) is 4.74 Å². The molecule has 0 saturated carbocycles. The van der Waals surface area contributed by atoms with Gasteiger partial charge in [0.05, 0.1) is 11.0 Å². The van der Waals surface area contributed by atoms with Crippen molar-refractivity contribution in [3.8, 4) is 61.7 Å². The molecule has 3 nitrogen and oxygen atoms in total. The number of ether oxygens (including phenoxy) is 1. The number of fused-ring (bicyclic) bond motifs is 11. The molecule has 12 aromatic rings. The molecule has 1 aliphatic rings. The van der Waals surface area contributed by atoms with Gasteiger partial charge in [-0.05, 0) is 118 Å². The number of hydrogen-bond acceptors (Lipinski definition) is 3. The topological polar surface area (TPSA) is 17.4 Å². The van der Waals surface area contributed by atoms with E-state index in [0.717, 1.165) is 62.1 Å². The quantitative estimate of drug-likeness (QED) is 0.166. The number of rotatable bonds is 6. The molecule has 10 aromatic carbocycles. The van der Waals surface area contributed by atoms with E-state index < -0.39 is 0 Å². The predicted octanol–water partition coefficient (Wildman–Crippen LogP) is 17.4. The van der Waals surface area contributed by atoms with Crippen LogP contribution in [0.4, 0.5) is 17.1 Å². The van der Waals surface area contributed by atoms with Gasteiger partial charge >= 0.3 is 0 Å². The number of para-hydroxylation sites is 4. The molecule has 0 saturated heterocycles. The van der Waals surface area contributed by atoms with E-state index in [1.165, 1.54) is 58.7 Å². The van der Waals surface area contributed by atoms with Crippen molar-refractivity contribution >= 4 is 70.4 Å². The third-order valence-corrected chi connectivity index (χ3v) is 14.0. The Labute approximate surface area is 374 Å². The molecule has 4 heteroatoms. The van der Waals surface area contributed by atoms with Crippen LogP contribution in [0.15, 0.2) is 231 Å². The number of hydrogen-bond donors (Lipinski definition) is 0. The largest absolute Gasteiger partial charge is 0.456 e. The van der Waals surface area contributed by atoms with E-state index in [1.807, 2.05) is 23.5 Å². The lowest BCUT2D eigenvalue weighted by molar-refractivity contribution is 0.488. The highest BCUT2D eigenvalue weighted by atomic mass is 32.1. The maximum Gasteiger partial charge on any atom is 0.135 e. The first-order valence-electron chi connectivity index (χ1n) is 21.7. The normalized spacial score (nSPS) is 11.9. The fraction of sp³-hybridized carbons (Fsp3) is 0. The van der Waals surface area contributed by atoms with Crippen molar-refractivity contribution in [3.63, 3.8) is 0 Å². The Kier molecular flexibility index (Phi) is 8.40. The molecule has 0 N–H and O–H groups in total. The Balaban J connectivity index is 0.942. The first-order chi connectivity index (χ1) is 31.7. The number of anilines is 3. The summed E-state index contributed by atoms with van der Waals surface area (Å²) in [6.45, 7) is 0. The summed E-state index contributed by atoms with van der Waals surface area (Å²) in [4.78, 5) is 2.39. The van der Waals surface area contributed by atoms with Crippen molar-refractivity contribution in [1.29, 1.82) is 0 Å². The highest BCUT2D eigenvalue weighted by molar-refractivity contribution is 7.26. The summed E-state index contributed by atoms with van der Waals surface area (Å²) in [6.07, 6.45) is 0. The molecule has 0 amide bonds. The van der Waals surface area contributed by atoms with Crippen LogP contribution in [0.1, 0.15) is 0 Å². The Morgan fingerprint density at radius 2 is 0.922 bits per heavy atom. The second kappa shape index (κ2) is 14.7. The molecule has 0 radical (unpaired) electrons. The molecule has 13 rings (SSSR count). The molecule has 2 aromatic heterocycles. The second-order valence-corrected chi connectivity index (χ2v) is 17.5. The van der Waals surface area contributed by atoms with Crippen LogP contribution in [-0.2, 0) is 0 Å². The van der Waals surface area contributed by atoms with E-state index in [9.17, 15) is 0 Å². The fourth-order valence-corrected chi connectivity index (χ4v) is 11.1. The molecule has 300 valence electrons. The summed E-state index contributed by atoms with van der Waals surface area (Å²) in [5, 5.41) is 5.06. The number of benzene rings is 10. The van der Waals surface area contributed by atoms with E-state index in [0.29, 0.717) is 0 Å². The second-order valence-electron chi connectivity index (χ2n) is 16.5. The first-order valence-corrected chi connectivity index (χ1v) is 22.6. The third-order valence-electron chi connectivity index (χ3n) is 12.8. The summed E-state index contributed by atoms with van der Waals surface area (Å²) in [7, 11) is 0. The molecular weight excluding hydrogens is 797 g/mol. The molecule has 0 atom stereocenters. The van der Waals surface area contributed by atoms with Crippen LogP contribution in [0, 0.1) is 0 Å². The average molecular weight is 835 g/mol. The number of nitrogens with zero attached hydrogens (tertiary/aromatic N) is 2. The Bertz CT molecular complexity index is 3750. The minimum atomic E-state index is 0.868. The van der Waals surface area contributed by atoms with Crippen LogP contribution in [0.2, 0.25) is 0 Å². The molecule has 1 aliphatic heterocycles. The van der Waals surface area contributed by atoms with E-state index in [-0.39, 0.29) is 0 Å². The lowest BCUT2D eigenvalue weighted by Crippen LogP contribution is -2.10. The van der Waals surface area contributed by atoms with Gasteiger partial charge < -0.3 is 14.2 Å². The highest BCUT2D eigenvalue weighted by Crippen LogP contribution is 2.48. The molecular formula is C60H38N2OS. The molecule has 0 aliphatic carbocycles. The van der Waals surface area contributed by atoms with Crippen LogP contribution in [0.5, 0.6) is 11.5 Å². The molecule has 0 fully saturated rings. The Hall–Kier alpha value is -8.18. The maximum absolute atomic E-state index is 6.49. The van der Waals surface area contributed by atoms with Crippen molar-refractivity contribution < 1.29 is 4.74 Å². The van der Waals surface area contributed by atoms with Gasteiger partial charge in [0.2, 0.25) is 0 Å². The maximum atomic E-state index is 6.49. The van der Waals surface area contributed by atoms with Gasteiger partial charge in [0.25, 0.3) is 0 Å². The number of aromatic nitrogens is 1. The van der Waals surface area contributed by atoms with Gasteiger partial charge in [-0.1, -0.05) is 146 Å². The summed E-state index contributed by atoms with van der Waals surface area (Å²) in [5.74, 6) is 1.74. The van der Waals surface area contributed by atoms with Crippen LogP contribution in [0.25, 0.3) is 92.2 Å². The fourth-order valence-electron chi connectivity index (χ4n) is 9.83. The van der Waals surface area contributed by atoms with Gasteiger partial charge in [0, 0.05) is 64.8 Å². The van der Waals surface area contributed by atoms with Crippen molar-refractivity contribution in [2.45, 2.75) is 0 Å². The van der Waals surface area contributed by atoms with Crippen LogP contribution in [0.3, 0.4) is 0 Å². The van der Waals surface area contributed by atoms with Gasteiger partial charge in [0.1, 0.15) is 11.5 Å². The summed E-state index contributed by atoms with van der Waals surface area (Å²) in [6, 6.07) is 83.4. The molecule has 0 bridgehead atoms. The SMILES string of the molecule is c1ccc(-n2c3ccccc3c3cc(N(c4ccc(-c5ccc6c(c5)-c5ccccc5Oc5ccccc5-6)cc4)c4ccc(-c5cccc6c5sc5ccccc56)cc4)ccc32)cc1. The van der Waals surface area contributed by atoms with E-state index in [1.54, 1.807) is 0 Å². The third kappa shape index (κ3) is 5.88. The van der Waals surface area contributed by atoms with Crippen molar-refractivity contribution in [2.24, 2.45) is 0 Å². The molecule has 0 spiro atoms. The Morgan fingerprint density at radius 1 is 0.344 bits per heavy atom. The zero-order chi connectivity index (χ0) is 42.1. The van der Waals surface area contributed by atoms with Crippen LogP contribution >= 0.6 is 11.3 Å². The van der Waals surface area contributed by atoms with Crippen molar-refractivity contribution in [2.75, 3.05) is 4.90 Å². The van der Waals surface area contributed by atoms with Crippen LogP contribution < -0.4 is 9.64 Å². The number of thiophene rings is 1. The summed E-state index contributed by atoms with van der Waals surface area (Å²) < 4.78 is 11.5.